The van der Waals surface area contributed by atoms with Gasteiger partial charge in [-0.1, -0.05) is 15.9 Å². The molecule has 5 heteroatoms. The highest BCUT2D eigenvalue weighted by atomic mass is 79.9. The SMILES string of the molecule is O=C1C(=O)N(CCCC2CCCO2)c2cc(Br)ccc21. The quantitative estimate of drug-likeness (QED) is 0.793. The number of hydrogen-bond acceptors (Lipinski definition) is 3. The Bertz CT molecular complexity index is 552. The number of rotatable bonds is 4. The van der Waals surface area contributed by atoms with Crippen molar-refractivity contribution in [2.75, 3.05) is 18.1 Å². The number of carbonyl (C=O) groups is 2. The van der Waals surface area contributed by atoms with Crippen LogP contribution in [-0.4, -0.2) is 30.9 Å². The number of ketones is 1. The van der Waals surface area contributed by atoms with Crippen molar-refractivity contribution in [3.63, 3.8) is 0 Å². The zero-order valence-corrected chi connectivity index (χ0v) is 12.7. The highest BCUT2D eigenvalue weighted by Gasteiger charge is 2.35. The molecule has 0 radical (unpaired) electrons. The van der Waals surface area contributed by atoms with Gasteiger partial charge < -0.3 is 9.64 Å². The third kappa shape index (κ3) is 2.52. The lowest BCUT2D eigenvalue weighted by Gasteiger charge is -2.17. The van der Waals surface area contributed by atoms with Crippen molar-refractivity contribution in [2.24, 2.45) is 0 Å². The Balaban J connectivity index is 1.68. The number of ether oxygens (including phenoxy) is 1. The molecule has 1 aromatic carbocycles. The first-order valence-corrected chi connectivity index (χ1v) is 7.73. The first kappa shape index (κ1) is 13.8. The van der Waals surface area contributed by atoms with Gasteiger partial charge in [0.2, 0.25) is 0 Å². The number of Topliss-reactive ketones (excluding diaryl/α,β-unsaturated/α-hetero) is 1. The third-order valence-electron chi connectivity index (χ3n) is 3.87. The molecule has 106 valence electrons. The third-order valence-corrected chi connectivity index (χ3v) is 4.36. The van der Waals surface area contributed by atoms with Gasteiger partial charge >= 0.3 is 0 Å². The number of anilines is 1. The molecule has 3 rings (SSSR count). The largest absolute Gasteiger partial charge is 0.378 e. The van der Waals surface area contributed by atoms with Crippen molar-refractivity contribution < 1.29 is 14.3 Å². The first-order valence-electron chi connectivity index (χ1n) is 6.94. The fourth-order valence-corrected chi connectivity index (χ4v) is 3.19. The van der Waals surface area contributed by atoms with E-state index in [1.54, 1.807) is 17.0 Å². The molecule has 2 aliphatic heterocycles. The van der Waals surface area contributed by atoms with Gasteiger partial charge in [-0.25, -0.2) is 0 Å². The zero-order valence-electron chi connectivity index (χ0n) is 11.1. The molecular weight excluding hydrogens is 322 g/mol. The lowest BCUT2D eigenvalue weighted by atomic mass is 10.1. The molecule has 0 spiro atoms. The minimum Gasteiger partial charge on any atom is -0.378 e. The molecule has 1 aromatic rings. The van der Waals surface area contributed by atoms with Crippen molar-refractivity contribution in [1.29, 1.82) is 0 Å². The Labute approximate surface area is 126 Å². The summed E-state index contributed by atoms with van der Waals surface area (Å²) < 4.78 is 6.45. The lowest BCUT2D eigenvalue weighted by Crippen LogP contribution is -2.31. The van der Waals surface area contributed by atoms with Gasteiger partial charge in [-0.3, -0.25) is 9.59 Å². The first-order chi connectivity index (χ1) is 9.66. The fraction of sp³-hybridized carbons (Fsp3) is 0.467. The maximum absolute atomic E-state index is 12.0. The van der Waals surface area contributed by atoms with E-state index in [0.29, 0.717) is 18.2 Å². The molecule has 0 bridgehead atoms. The van der Waals surface area contributed by atoms with Crippen LogP contribution in [0.1, 0.15) is 36.0 Å². The molecule has 1 amide bonds. The predicted octanol–water partition coefficient (Wildman–Crippen LogP) is 2.94. The van der Waals surface area contributed by atoms with Crippen LogP contribution in [0.4, 0.5) is 5.69 Å². The van der Waals surface area contributed by atoms with Gasteiger partial charge in [0.15, 0.2) is 0 Å². The summed E-state index contributed by atoms with van der Waals surface area (Å²) in [6, 6.07) is 5.34. The Morgan fingerprint density at radius 3 is 2.95 bits per heavy atom. The van der Waals surface area contributed by atoms with Crippen molar-refractivity contribution in [2.45, 2.75) is 31.8 Å². The monoisotopic (exact) mass is 337 g/mol. The molecule has 2 heterocycles. The Morgan fingerprint density at radius 2 is 2.20 bits per heavy atom. The smallest absolute Gasteiger partial charge is 0.299 e. The van der Waals surface area contributed by atoms with Gasteiger partial charge in [0.05, 0.1) is 17.4 Å². The summed E-state index contributed by atoms with van der Waals surface area (Å²) in [5.74, 6) is -0.810. The minimum absolute atomic E-state index is 0.324. The molecule has 0 N–H and O–H groups in total. The number of nitrogens with zero attached hydrogens (tertiary/aromatic N) is 1. The average Bonchev–Trinajstić information content (AvgIpc) is 3.02. The Morgan fingerprint density at radius 1 is 1.35 bits per heavy atom. The molecule has 20 heavy (non-hydrogen) atoms. The number of halogens is 1. The van der Waals surface area contributed by atoms with Crippen molar-refractivity contribution in [1.82, 2.24) is 0 Å². The summed E-state index contributed by atoms with van der Waals surface area (Å²) in [7, 11) is 0. The lowest BCUT2D eigenvalue weighted by molar-refractivity contribution is -0.114. The summed E-state index contributed by atoms with van der Waals surface area (Å²) in [4.78, 5) is 25.5. The standard InChI is InChI=1S/C15H16BrNO3/c16-10-5-6-12-13(9-10)17(15(19)14(12)18)7-1-3-11-4-2-8-20-11/h5-6,9,11H,1-4,7-8H2. The second-order valence-corrected chi connectivity index (χ2v) is 6.14. The van der Waals surface area contributed by atoms with E-state index in [-0.39, 0.29) is 0 Å². The van der Waals surface area contributed by atoms with E-state index in [9.17, 15) is 9.59 Å². The van der Waals surface area contributed by atoms with Gasteiger partial charge in [0, 0.05) is 17.6 Å². The second-order valence-electron chi connectivity index (χ2n) is 5.22. The van der Waals surface area contributed by atoms with Gasteiger partial charge in [-0.15, -0.1) is 0 Å². The molecule has 2 aliphatic rings. The van der Waals surface area contributed by atoms with Gasteiger partial charge in [-0.2, -0.15) is 0 Å². The number of hydrogen-bond donors (Lipinski definition) is 0. The number of amides is 1. The molecule has 1 unspecified atom stereocenters. The van der Waals surface area contributed by atoms with Crippen LogP contribution in [0, 0.1) is 0 Å². The zero-order chi connectivity index (χ0) is 14.1. The average molecular weight is 338 g/mol. The van der Waals surface area contributed by atoms with E-state index in [4.69, 9.17) is 4.74 Å². The Kier molecular flexibility index (Phi) is 3.89. The topological polar surface area (TPSA) is 46.6 Å². The maximum Gasteiger partial charge on any atom is 0.299 e. The molecule has 1 saturated heterocycles. The van der Waals surface area contributed by atoms with Crippen LogP contribution >= 0.6 is 15.9 Å². The summed E-state index contributed by atoms with van der Waals surface area (Å²) in [6.45, 7) is 1.43. The van der Waals surface area contributed by atoms with Crippen LogP contribution in [0.15, 0.2) is 22.7 Å². The van der Waals surface area contributed by atoms with Crippen LogP contribution in [-0.2, 0) is 9.53 Å². The van der Waals surface area contributed by atoms with Crippen LogP contribution in [0.5, 0.6) is 0 Å². The highest BCUT2D eigenvalue weighted by Crippen LogP contribution is 2.32. The van der Waals surface area contributed by atoms with E-state index in [0.717, 1.165) is 42.5 Å². The molecule has 4 nitrogen and oxygen atoms in total. The van der Waals surface area contributed by atoms with E-state index in [1.807, 2.05) is 6.07 Å². The number of fused-ring (bicyclic) bond motifs is 1. The molecule has 0 aromatic heterocycles. The van der Waals surface area contributed by atoms with Crippen molar-refractivity contribution in [3.8, 4) is 0 Å². The van der Waals surface area contributed by atoms with E-state index in [1.165, 1.54) is 0 Å². The summed E-state index contributed by atoms with van der Waals surface area (Å²) in [5.41, 5.74) is 1.23. The van der Waals surface area contributed by atoms with E-state index < -0.39 is 11.7 Å². The van der Waals surface area contributed by atoms with Crippen LogP contribution in [0.3, 0.4) is 0 Å². The Hall–Kier alpha value is -1.20. The van der Waals surface area contributed by atoms with Crippen LogP contribution in [0.25, 0.3) is 0 Å². The molecule has 0 saturated carbocycles. The van der Waals surface area contributed by atoms with Crippen molar-refractivity contribution in [3.05, 3.63) is 28.2 Å². The number of benzene rings is 1. The number of carbonyl (C=O) groups excluding carboxylic acids is 2. The summed E-state index contributed by atoms with van der Waals surface area (Å²) >= 11 is 3.39. The van der Waals surface area contributed by atoms with E-state index in [2.05, 4.69) is 15.9 Å². The molecule has 0 aliphatic carbocycles. The highest BCUT2D eigenvalue weighted by molar-refractivity contribution is 9.10. The maximum atomic E-state index is 12.0. The van der Waals surface area contributed by atoms with Crippen molar-refractivity contribution >= 4 is 33.3 Å². The molecular formula is C15H16BrNO3. The molecule has 1 atom stereocenters. The van der Waals surface area contributed by atoms with Crippen LogP contribution in [0.2, 0.25) is 0 Å². The minimum atomic E-state index is -0.412. The summed E-state index contributed by atoms with van der Waals surface area (Å²) in [5, 5.41) is 0. The fourth-order valence-electron chi connectivity index (χ4n) is 2.84. The predicted molar refractivity (Wildman–Crippen MR) is 79.0 cm³/mol. The summed E-state index contributed by atoms with van der Waals surface area (Å²) in [6.07, 6.45) is 4.36. The normalized spacial score (nSPS) is 21.6. The van der Waals surface area contributed by atoms with Gasteiger partial charge in [-0.05, 0) is 43.9 Å². The van der Waals surface area contributed by atoms with Gasteiger partial charge in [0.1, 0.15) is 0 Å². The van der Waals surface area contributed by atoms with Gasteiger partial charge in [0.25, 0.3) is 11.7 Å². The van der Waals surface area contributed by atoms with E-state index >= 15 is 0 Å². The molecule has 1 fully saturated rings. The van der Waals surface area contributed by atoms with Crippen LogP contribution < -0.4 is 4.90 Å². The second kappa shape index (κ2) is 5.66.